The molecule has 0 radical (unpaired) electrons. The average molecular weight is 321 g/mol. The third-order valence-corrected chi connectivity index (χ3v) is 3.83. The number of thiophene rings is 1. The van der Waals surface area contributed by atoms with Gasteiger partial charge in [0, 0.05) is 5.02 Å². The monoisotopic (exact) mass is 320 g/mol. The zero-order valence-corrected chi connectivity index (χ0v) is 12.2. The van der Waals surface area contributed by atoms with E-state index in [0.29, 0.717) is 21.0 Å². The summed E-state index contributed by atoms with van der Waals surface area (Å²) >= 11 is 7.19. The molecule has 0 aliphatic rings. The van der Waals surface area contributed by atoms with Gasteiger partial charge in [-0.25, -0.2) is 9.78 Å². The summed E-state index contributed by atoms with van der Waals surface area (Å²) in [5, 5.41) is 2.75. The van der Waals surface area contributed by atoms with E-state index in [0.717, 1.165) is 0 Å². The predicted molar refractivity (Wildman–Crippen MR) is 81.0 cm³/mol. The van der Waals surface area contributed by atoms with Crippen LogP contribution < -0.4 is 10.3 Å². The van der Waals surface area contributed by atoms with Gasteiger partial charge in [-0.3, -0.25) is 9.36 Å². The molecule has 0 fully saturated rings. The fourth-order valence-corrected chi connectivity index (χ4v) is 2.74. The first-order valence-corrected chi connectivity index (χ1v) is 7.28. The highest BCUT2D eigenvalue weighted by Crippen LogP contribution is 2.17. The minimum absolute atomic E-state index is 0.204. The van der Waals surface area contributed by atoms with Crippen LogP contribution in [0.15, 0.2) is 46.8 Å². The van der Waals surface area contributed by atoms with Crippen molar-refractivity contribution < 1.29 is 9.53 Å². The van der Waals surface area contributed by atoms with Gasteiger partial charge in [0.2, 0.25) is 0 Å². The molecule has 0 amide bonds. The number of rotatable bonds is 3. The Morgan fingerprint density at radius 2 is 2.24 bits per heavy atom. The lowest BCUT2D eigenvalue weighted by atomic mass is 10.3. The molecule has 2 heterocycles. The first kappa shape index (κ1) is 13.8. The van der Waals surface area contributed by atoms with Gasteiger partial charge < -0.3 is 4.74 Å². The van der Waals surface area contributed by atoms with Gasteiger partial charge in [-0.2, -0.15) is 0 Å². The lowest BCUT2D eigenvalue weighted by Crippen LogP contribution is -2.26. The zero-order chi connectivity index (χ0) is 14.8. The zero-order valence-electron chi connectivity index (χ0n) is 10.7. The van der Waals surface area contributed by atoms with Gasteiger partial charge in [0.15, 0.2) is 0 Å². The van der Waals surface area contributed by atoms with Crippen LogP contribution in [0.3, 0.4) is 0 Å². The summed E-state index contributed by atoms with van der Waals surface area (Å²) in [5.41, 5.74) is -0.260. The van der Waals surface area contributed by atoms with Crippen LogP contribution in [0.5, 0.6) is 5.75 Å². The van der Waals surface area contributed by atoms with Crippen molar-refractivity contribution in [3.05, 3.63) is 57.4 Å². The Kier molecular flexibility index (Phi) is 3.72. The molecule has 1 aromatic carbocycles. The van der Waals surface area contributed by atoms with Gasteiger partial charge in [0.1, 0.15) is 17.1 Å². The van der Waals surface area contributed by atoms with Crippen molar-refractivity contribution in [3.63, 3.8) is 0 Å². The normalized spacial score (nSPS) is 10.7. The van der Waals surface area contributed by atoms with Gasteiger partial charge in [-0.05, 0) is 29.6 Å². The lowest BCUT2D eigenvalue weighted by Gasteiger charge is -2.06. The first-order valence-electron chi connectivity index (χ1n) is 6.02. The number of esters is 1. The Morgan fingerprint density at radius 1 is 1.38 bits per heavy atom. The third-order valence-electron chi connectivity index (χ3n) is 2.78. The molecule has 0 unspecified atom stereocenters. The summed E-state index contributed by atoms with van der Waals surface area (Å²) < 4.78 is 6.36. The molecule has 21 heavy (non-hydrogen) atoms. The van der Waals surface area contributed by atoms with E-state index >= 15 is 0 Å². The highest BCUT2D eigenvalue weighted by Gasteiger charge is 2.10. The summed E-state index contributed by atoms with van der Waals surface area (Å²) in [6.07, 6.45) is 1.35. The van der Waals surface area contributed by atoms with Crippen molar-refractivity contribution in [3.8, 4) is 5.75 Å². The number of benzene rings is 1. The largest absolute Gasteiger partial charge is 0.425 e. The molecular formula is C14H9ClN2O3S. The van der Waals surface area contributed by atoms with E-state index in [-0.39, 0.29) is 12.1 Å². The van der Waals surface area contributed by atoms with Crippen molar-refractivity contribution in [1.29, 1.82) is 0 Å². The van der Waals surface area contributed by atoms with Gasteiger partial charge in [-0.1, -0.05) is 17.7 Å². The maximum Gasteiger partial charge on any atom is 0.331 e. The van der Waals surface area contributed by atoms with Crippen LogP contribution in [0.4, 0.5) is 0 Å². The van der Waals surface area contributed by atoms with Gasteiger partial charge in [0.25, 0.3) is 5.56 Å². The number of ether oxygens (including phenoxy) is 1. The van der Waals surface area contributed by atoms with Gasteiger partial charge >= 0.3 is 5.97 Å². The molecule has 2 aromatic heterocycles. The fraction of sp³-hybridized carbons (Fsp3) is 0.0714. The Bertz CT molecular complexity index is 872. The van der Waals surface area contributed by atoms with Gasteiger partial charge in [0.05, 0.1) is 11.7 Å². The van der Waals surface area contributed by atoms with Crippen LogP contribution in [0.1, 0.15) is 0 Å². The summed E-state index contributed by atoms with van der Waals surface area (Å²) in [7, 11) is 0. The van der Waals surface area contributed by atoms with E-state index in [2.05, 4.69) is 4.98 Å². The highest BCUT2D eigenvalue weighted by atomic mass is 35.5. The molecule has 0 aliphatic carbocycles. The van der Waals surface area contributed by atoms with Crippen molar-refractivity contribution in [1.82, 2.24) is 9.55 Å². The maximum absolute atomic E-state index is 12.1. The minimum atomic E-state index is -0.559. The summed E-state index contributed by atoms with van der Waals surface area (Å²) in [6.45, 7) is -0.204. The van der Waals surface area contributed by atoms with E-state index in [1.54, 1.807) is 29.6 Å². The number of hydrogen-bond donors (Lipinski definition) is 0. The average Bonchev–Trinajstić information content (AvgIpc) is 2.91. The minimum Gasteiger partial charge on any atom is -0.425 e. The summed E-state index contributed by atoms with van der Waals surface area (Å²) in [4.78, 5) is 28.8. The molecule has 0 bridgehead atoms. The SMILES string of the molecule is O=C(Cn1cnc2sccc2c1=O)Oc1cccc(Cl)c1. The van der Waals surface area contributed by atoms with Crippen molar-refractivity contribution in [2.75, 3.05) is 0 Å². The Labute approximate surface area is 128 Å². The molecule has 5 nitrogen and oxygen atoms in total. The predicted octanol–water partition coefficient (Wildman–Crippen LogP) is 2.72. The maximum atomic E-state index is 12.1. The second-order valence-electron chi connectivity index (χ2n) is 4.25. The van der Waals surface area contributed by atoms with Crippen LogP contribution in [-0.4, -0.2) is 15.5 Å². The molecule has 0 saturated carbocycles. The standard InChI is InChI=1S/C14H9ClN2O3S/c15-9-2-1-3-10(6-9)20-12(18)7-17-8-16-13-11(14(17)19)4-5-21-13/h1-6,8H,7H2. The van der Waals surface area contributed by atoms with E-state index in [9.17, 15) is 9.59 Å². The Morgan fingerprint density at radius 3 is 3.05 bits per heavy atom. The molecule has 0 N–H and O–H groups in total. The second kappa shape index (κ2) is 5.67. The molecule has 3 aromatic rings. The van der Waals surface area contributed by atoms with Crippen LogP contribution in [-0.2, 0) is 11.3 Å². The number of carbonyl (C=O) groups is 1. The van der Waals surface area contributed by atoms with Crippen LogP contribution >= 0.6 is 22.9 Å². The molecular weight excluding hydrogens is 312 g/mol. The highest BCUT2D eigenvalue weighted by molar-refractivity contribution is 7.16. The van der Waals surface area contributed by atoms with E-state index in [4.69, 9.17) is 16.3 Å². The third kappa shape index (κ3) is 2.96. The van der Waals surface area contributed by atoms with Crippen LogP contribution in [0.2, 0.25) is 5.02 Å². The van der Waals surface area contributed by atoms with Gasteiger partial charge in [-0.15, -0.1) is 11.3 Å². The second-order valence-corrected chi connectivity index (χ2v) is 5.58. The number of hydrogen-bond acceptors (Lipinski definition) is 5. The van der Waals surface area contributed by atoms with Crippen molar-refractivity contribution in [2.45, 2.75) is 6.54 Å². The molecule has 0 spiro atoms. The smallest absolute Gasteiger partial charge is 0.331 e. The fourth-order valence-electron chi connectivity index (χ4n) is 1.84. The van der Waals surface area contributed by atoms with Crippen LogP contribution in [0, 0.1) is 0 Å². The molecule has 0 aliphatic heterocycles. The number of halogens is 1. The number of fused-ring (bicyclic) bond motifs is 1. The van der Waals surface area contributed by atoms with Crippen molar-refractivity contribution in [2.24, 2.45) is 0 Å². The Balaban J connectivity index is 1.80. The summed E-state index contributed by atoms with van der Waals surface area (Å²) in [6, 6.07) is 8.19. The first-order chi connectivity index (χ1) is 10.1. The molecule has 7 heteroatoms. The van der Waals surface area contributed by atoms with E-state index < -0.39 is 5.97 Å². The number of carbonyl (C=O) groups excluding carboxylic acids is 1. The molecule has 3 rings (SSSR count). The molecule has 0 atom stereocenters. The molecule has 106 valence electrons. The topological polar surface area (TPSA) is 61.2 Å². The van der Waals surface area contributed by atoms with E-state index in [1.807, 2.05) is 0 Å². The molecule has 0 saturated heterocycles. The van der Waals surface area contributed by atoms with Crippen LogP contribution in [0.25, 0.3) is 10.2 Å². The lowest BCUT2D eigenvalue weighted by molar-refractivity contribution is -0.135. The van der Waals surface area contributed by atoms with E-state index in [1.165, 1.54) is 28.3 Å². The summed E-state index contributed by atoms with van der Waals surface area (Å²) in [5.74, 6) is -0.221. The Hall–Kier alpha value is -2.18. The van der Waals surface area contributed by atoms with Crippen molar-refractivity contribution >= 4 is 39.1 Å². The quantitative estimate of drug-likeness (QED) is 0.550. The number of nitrogens with zero attached hydrogens (tertiary/aromatic N) is 2. The number of aromatic nitrogens is 2.